The predicted octanol–water partition coefficient (Wildman–Crippen LogP) is 9.98. The van der Waals surface area contributed by atoms with E-state index in [0.717, 1.165) is 22.6 Å². The monoisotopic (exact) mass is 914 g/mol. The molecule has 5 N–H and O–H groups in total. The molecule has 0 amide bonds. The maximum Gasteiger partial charge on any atom is 0.190 e. The molecule has 0 heterocycles. The largest absolute Gasteiger partial charge is 0.508 e. The number of carbonyl (C=O) groups is 8. The Labute approximate surface area is 385 Å². The van der Waals surface area contributed by atoms with Crippen LogP contribution in [-0.4, -0.2) is 79.2 Å². The van der Waals surface area contributed by atoms with E-state index in [1.165, 1.54) is 50.6 Å². The number of fused-ring (bicyclic) bond motifs is 4. The third-order valence-corrected chi connectivity index (χ3v) is 11.7. The third-order valence-electron chi connectivity index (χ3n) is 11.7. The standard InChI is InChI=1S/C14H10O5.C13H12O3.C12H10O3.C12H12O2.CH3Cl/c1-6-7(2)13(18)11-9(12(6)17)3-8(4-15)14(19)10(11)5-16;1-6-4-9(14)5-10-11(6)13(16)8(3)7(2)12(10)15;1-6-7(2)12(15)10-5-8(13)3-4-9(10)11(6)14;1-7-5-9-3-4-10(13)6-11(9)12(14)8(7)2;1-2/h3-5,19H,1-2H3;4-5,14H,1-3H3;3-5,13H,1-2H3;3-6,13-14H,1-2H3;1H3. The van der Waals surface area contributed by atoms with E-state index in [-0.39, 0.29) is 85.8 Å². The topological polar surface area (TPSA) is 238 Å². The van der Waals surface area contributed by atoms with Crippen molar-refractivity contribution in [3.05, 3.63) is 155 Å². The fourth-order valence-electron chi connectivity index (χ4n) is 7.32. The number of phenols is 5. The minimum atomic E-state index is -0.572. The molecule has 0 aromatic heterocycles. The van der Waals surface area contributed by atoms with E-state index in [4.69, 9.17) is 0 Å². The number of hydrogen-bond acceptors (Lipinski definition) is 13. The number of ketones is 6. The Morgan fingerprint density at radius 3 is 1.38 bits per heavy atom. The number of aromatic hydroxyl groups is 5. The fourth-order valence-corrected chi connectivity index (χ4v) is 7.32. The molecule has 0 fully saturated rings. The summed E-state index contributed by atoms with van der Waals surface area (Å²) >= 11 is 4.64. The lowest BCUT2D eigenvalue weighted by atomic mass is 9.81. The van der Waals surface area contributed by atoms with Crippen LogP contribution in [0.15, 0.2) is 94.1 Å². The molecule has 5 aromatic carbocycles. The molecule has 3 aliphatic rings. The Kier molecular flexibility index (Phi) is 15.7. The van der Waals surface area contributed by atoms with E-state index in [2.05, 4.69) is 11.6 Å². The van der Waals surface area contributed by atoms with E-state index in [9.17, 15) is 63.9 Å². The van der Waals surface area contributed by atoms with Crippen LogP contribution in [0.3, 0.4) is 0 Å². The first-order valence-electron chi connectivity index (χ1n) is 20.1. The summed E-state index contributed by atoms with van der Waals surface area (Å²) in [5, 5.41) is 49.3. The number of benzene rings is 5. The van der Waals surface area contributed by atoms with Crippen molar-refractivity contribution < 1.29 is 63.9 Å². The number of phenolic OH excluding ortho intramolecular Hbond substituents is 5. The van der Waals surface area contributed by atoms with Gasteiger partial charge in [-0.1, -0.05) is 12.1 Å². The van der Waals surface area contributed by atoms with Crippen LogP contribution in [0, 0.1) is 20.8 Å². The fraction of sp³-hybridized carbons (Fsp3) is 0.192. The van der Waals surface area contributed by atoms with E-state index in [0.29, 0.717) is 61.8 Å². The van der Waals surface area contributed by atoms with Gasteiger partial charge >= 0.3 is 0 Å². The zero-order chi connectivity index (χ0) is 49.8. The summed E-state index contributed by atoms with van der Waals surface area (Å²) < 4.78 is 0. The normalized spacial score (nSPS) is 13.8. The van der Waals surface area contributed by atoms with E-state index < -0.39 is 17.3 Å². The van der Waals surface area contributed by atoms with Gasteiger partial charge in [0.1, 0.15) is 28.7 Å². The molecular weight excluding hydrogens is 868 g/mol. The number of halogens is 1. The van der Waals surface area contributed by atoms with Gasteiger partial charge in [0.15, 0.2) is 47.3 Å². The molecule has 0 atom stereocenters. The first kappa shape index (κ1) is 50.9. The molecule has 0 saturated carbocycles. The molecular formula is C52H47ClO13. The Morgan fingerprint density at radius 2 is 0.848 bits per heavy atom. The van der Waals surface area contributed by atoms with Gasteiger partial charge in [0.25, 0.3) is 0 Å². The molecule has 0 saturated heterocycles. The number of hydrogen-bond donors (Lipinski definition) is 5. The van der Waals surface area contributed by atoms with Crippen LogP contribution in [0.4, 0.5) is 0 Å². The number of Topliss-reactive ketones (excluding diaryl/α,β-unsaturated/α-hetero) is 6. The molecule has 0 radical (unpaired) electrons. The van der Waals surface area contributed by atoms with Gasteiger partial charge in [-0.2, -0.15) is 0 Å². The van der Waals surface area contributed by atoms with E-state index in [1.807, 2.05) is 19.9 Å². The molecule has 340 valence electrons. The van der Waals surface area contributed by atoms with Crippen molar-refractivity contribution in [3.63, 3.8) is 0 Å². The quantitative estimate of drug-likeness (QED) is 0.0820. The van der Waals surface area contributed by atoms with Gasteiger partial charge in [-0.25, -0.2) is 0 Å². The first-order chi connectivity index (χ1) is 31.0. The lowest BCUT2D eigenvalue weighted by Crippen LogP contribution is -2.22. The Balaban J connectivity index is 0.000000191. The Bertz CT molecular complexity index is 3070. The van der Waals surface area contributed by atoms with Crippen LogP contribution in [0.5, 0.6) is 28.7 Å². The molecule has 66 heavy (non-hydrogen) atoms. The van der Waals surface area contributed by atoms with Gasteiger partial charge < -0.3 is 25.5 Å². The summed E-state index contributed by atoms with van der Waals surface area (Å²) in [6.07, 6.45) is 2.08. The van der Waals surface area contributed by atoms with Crippen molar-refractivity contribution in [3.8, 4) is 28.7 Å². The van der Waals surface area contributed by atoms with Crippen LogP contribution in [0.25, 0.3) is 10.8 Å². The average Bonchev–Trinajstić information content (AvgIpc) is 3.30. The molecule has 0 unspecified atom stereocenters. The van der Waals surface area contributed by atoms with Gasteiger partial charge in [0, 0.05) is 78.6 Å². The first-order valence-corrected chi connectivity index (χ1v) is 20.8. The summed E-state index contributed by atoms with van der Waals surface area (Å²) in [5.41, 5.74) is 5.71. The van der Waals surface area contributed by atoms with Gasteiger partial charge in [0.2, 0.25) is 0 Å². The second-order valence-corrected chi connectivity index (χ2v) is 15.6. The number of allylic oxidation sites excluding steroid dienone is 6. The highest BCUT2D eigenvalue weighted by atomic mass is 35.5. The van der Waals surface area contributed by atoms with Gasteiger partial charge in [-0.15, -0.1) is 11.6 Å². The molecule has 14 heteroatoms. The Hall–Kier alpha value is -7.77. The molecule has 13 nitrogen and oxygen atoms in total. The highest BCUT2D eigenvalue weighted by Crippen LogP contribution is 2.36. The van der Waals surface area contributed by atoms with Crippen molar-refractivity contribution in [1.29, 1.82) is 0 Å². The van der Waals surface area contributed by atoms with Crippen molar-refractivity contribution >= 4 is 69.6 Å². The van der Waals surface area contributed by atoms with Crippen molar-refractivity contribution in [1.82, 2.24) is 0 Å². The highest BCUT2D eigenvalue weighted by Gasteiger charge is 2.33. The van der Waals surface area contributed by atoms with E-state index >= 15 is 0 Å². The zero-order valence-electron chi connectivity index (χ0n) is 37.8. The van der Waals surface area contributed by atoms with Crippen LogP contribution in [-0.2, 0) is 0 Å². The molecule has 3 aliphatic carbocycles. The van der Waals surface area contributed by atoms with Crippen LogP contribution in [0.1, 0.15) is 141 Å². The Morgan fingerprint density at radius 1 is 0.409 bits per heavy atom. The summed E-state index contributed by atoms with van der Waals surface area (Å²) in [7, 11) is 0. The summed E-state index contributed by atoms with van der Waals surface area (Å²) in [6.45, 7) is 15.1. The second kappa shape index (κ2) is 20.4. The summed E-state index contributed by atoms with van der Waals surface area (Å²) in [6, 6.07) is 15.2. The molecule has 0 bridgehead atoms. The van der Waals surface area contributed by atoms with Gasteiger partial charge in [-0.05, 0) is 133 Å². The molecule has 5 aromatic rings. The minimum Gasteiger partial charge on any atom is -0.508 e. The summed E-state index contributed by atoms with van der Waals surface area (Å²) in [5.74, 6) is -1.63. The molecule has 8 rings (SSSR count). The molecule has 0 aliphatic heterocycles. The van der Waals surface area contributed by atoms with Crippen molar-refractivity contribution in [2.45, 2.75) is 62.3 Å². The van der Waals surface area contributed by atoms with Crippen LogP contribution in [0.2, 0.25) is 0 Å². The minimum absolute atomic E-state index is 0.00209. The number of rotatable bonds is 2. The van der Waals surface area contributed by atoms with Crippen molar-refractivity contribution in [2.75, 3.05) is 6.38 Å². The zero-order valence-corrected chi connectivity index (χ0v) is 38.6. The van der Waals surface area contributed by atoms with Crippen LogP contribution < -0.4 is 0 Å². The SMILES string of the molecule is CC1=C(C)C(=O)c2c(C)cc(O)cc2C1=O.CC1=C(C)C(=O)c2c(cc(C=O)c(O)c2C=O)C1=O.CC1=C(C)C(=O)c2cc(O)ccc2C1=O.CCl.Cc1cc2ccc(O)cc2c(O)c1C. The van der Waals surface area contributed by atoms with Crippen molar-refractivity contribution in [2.24, 2.45) is 0 Å². The maximum atomic E-state index is 12.1. The van der Waals surface area contributed by atoms with E-state index in [1.54, 1.807) is 52.8 Å². The number of aldehydes is 2. The number of alkyl halides is 1. The lowest BCUT2D eigenvalue weighted by Gasteiger charge is -2.19. The average molecular weight is 915 g/mol. The second-order valence-electron chi connectivity index (χ2n) is 15.6. The molecule has 0 spiro atoms. The van der Waals surface area contributed by atoms with Gasteiger partial charge in [-0.3, -0.25) is 38.4 Å². The van der Waals surface area contributed by atoms with Gasteiger partial charge in [0.05, 0.1) is 11.1 Å². The summed E-state index contributed by atoms with van der Waals surface area (Å²) in [4.78, 5) is 93.7. The van der Waals surface area contributed by atoms with Crippen LogP contribution >= 0.6 is 11.6 Å². The number of aryl methyl sites for hydroxylation is 2. The predicted molar refractivity (Wildman–Crippen MR) is 249 cm³/mol. The maximum absolute atomic E-state index is 12.1. The smallest absolute Gasteiger partial charge is 0.190 e. The third kappa shape index (κ3) is 9.52. The number of carbonyl (C=O) groups excluding carboxylic acids is 8. The lowest BCUT2D eigenvalue weighted by molar-refractivity contribution is 0.0971. The highest BCUT2D eigenvalue weighted by molar-refractivity contribution is 6.30.